The molecule has 3 aromatic carbocycles. The molecule has 3 amide bonds. The number of fused-ring (bicyclic) bond motifs is 3. The van der Waals surface area contributed by atoms with E-state index in [1.807, 2.05) is 97.8 Å². The van der Waals surface area contributed by atoms with Crippen molar-refractivity contribution in [3.05, 3.63) is 259 Å². The summed E-state index contributed by atoms with van der Waals surface area (Å²) < 4.78 is 182. The fourth-order valence-corrected chi connectivity index (χ4v) is 19.6. The van der Waals surface area contributed by atoms with E-state index < -0.39 is 137 Å². The highest BCUT2D eigenvalue weighted by molar-refractivity contribution is 6.35. The molecule has 732 valence electrons. The van der Waals surface area contributed by atoms with E-state index in [-0.39, 0.29) is 193 Å². The quantitative estimate of drug-likeness (QED) is 0.0215. The Morgan fingerprint density at radius 1 is 0.376 bits per heavy atom. The summed E-state index contributed by atoms with van der Waals surface area (Å²) in [6.45, 7) is 39.6. The van der Waals surface area contributed by atoms with Crippen LogP contribution in [-0.4, -0.2) is 152 Å². The van der Waals surface area contributed by atoms with Gasteiger partial charge in [0, 0.05) is 110 Å². The van der Waals surface area contributed by atoms with E-state index in [1.165, 1.54) is 50.1 Å². The zero-order valence-electron chi connectivity index (χ0n) is 78.8. The molecule has 3 aliphatic heterocycles. The Balaban J connectivity index is 0.000000178. The van der Waals surface area contributed by atoms with Crippen LogP contribution in [0.25, 0.3) is 83.9 Å². The van der Waals surface area contributed by atoms with Gasteiger partial charge in [0.2, 0.25) is 17.7 Å². The molecular formula is C102H93Cl3F12N18O6. The minimum atomic E-state index is -2.02. The van der Waals surface area contributed by atoms with Gasteiger partial charge >= 0.3 is 0 Å². The predicted molar refractivity (Wildman–Crippen MR) is 524 cm³/mol. The summed E-state index contributed by atoms with van der Waals surface area (Å²) >= 11 is 19.9. The SMILES string of the molecule is C#Cc1c(N2C[C@@H](C)N(C(=O)C=C)[C@@H](C)C2)c2cc(Cl)c(-c3c(F)c(N)c(F)c(F)c3F)nc2n(-c2c(C)ccnc2C(C)C)c1=O.C#Cc1c(N2C[C@@H](C)N(C(=O)C=C)[C@@H](C)C2)c2cc(Cl)c(-c3c(F)c(N)c(F)c(F)c3F)nc2n(-c2c(C)ccnc2C(C)C)c1=O.C#Cc1c(N2C[C@@H](C)N(C(=O)C=C)[C@@H](C)C2)c2cc(Cl)c(-c3c(F)c(N)c(F)c(F)c3F)nc2n(-c2c(C)ccnc2C(C)C)c1=O. The van der Waals surface area contributed by atoms with Crippen LogP contribution in [0.15, 0.2) is 107 Å². The molecular weight excluding hydrogens is 1910 g/mol. The van der Waals surface area contributed by atoms with Gasteiger partial charge in [-0.2, -0.15) is 0 Å². The molecule has 3 fully saturated rings. The third kappa shape index (κ3) is 17.8. The second kappa shape index (κ2) is 40.3. The molecule has 0 unspecified atom stereocenters. The first kappa shape index (κ1) is 104. The molecule has 15 rings (SSSR count). The van der Waals surface area contributed by atoms with Crippen LogP contribution in [0.3, 0.4) is 0 Å². The molecule has 0 saturated carbocycles. The Labute approximate surface area is 816 Å². The van der Waals surface area contributed by atoms with Crippen molar-refractivity contribution in [2.24, 2.45) is 0 Å². The first-order valence-electron chi connectivity index (χ1n) is 44.1. The molecule has 9 aromatic heterocycles. The number of pyridine rings is 9. The first-order valence-corrected chi connectivity index (χ1v) is 45.2. The van der Waals surface area contributed by atoms with Crippen LogP contribution in [0.5, 0.6) is 0 Å². The summed E-state index contributed by atoms with van der Waals surface area (Å²) in [6, 6.07) is 6.88. The van der Waals surface area contributed by atoms with E-state index in [1.54, 1.807) is 72.3 Å². The van der Waals surface area contributed by atoms with Gasteiger partial charge in [0.1, 0.15) is 50.7 Å². The number of carbonyl (C=O) groups is 3. The zero-order chi connectivity index (χ0) is 104. The van der Waals surface area contributed by atoms with Gasteiger partial charge in [-0.15, -0.1) is 19.3 Å². The third-order valence-electron chi connectivity index (χ3n) is 25.0. The average molecular weight is 2000 g/mol. The Morgan fingerprint density at radius 2 is 0.589 bits per heavy atom. The van der Waals surface area contributed by atoms with Gasteiger partial charge in [0.25, 0.3) is 16.7 Å². The molecule has 141 heavy (non-hydrogen) atoms. The number of halogens is 15. The zero-order valence-corrected chi connectivity index (χ0v) is 81.0. The normalized spacial score (nSPS) is 16.6. The smallest absolute Gasteiger partial charge is 0.274 e. The van der Waals surface area contributed by atoms with Crippen LogP contribution in [0, 0.1) is 128 Å². The van der Waals surface area contributed by atoms with E-state index in [2.05, 4.69) is 67.4 Å². The lowest BCUT2D eigenvalue weighted by Gasteiger charge is -2.45. The lowest BCUT2D eigenvalue weighted by molar-refractivity contribution is -0.131. The molecule has 0 spiro atoms. The van der Waals surface area contributed by atoms with Crippen LogP contribution >= 0.6 is 34.8 Å². The van der Waals surface area contributed by atoms with E-state index in [0.29, 0.717) is 50.8 Å². The highest BCUT2D eigenvalue weighted by Gasteiger charge is 2.42. The molecule has 12 aromatic rings. The van der Waals surface area contributed by atoms with Crippen molar-refractivity contribution in [2.75, 3.05) is 71.2 Å². The second-order valence-corrected chi connectivity index (χ2v) is 36.7. The maximum absolute atomic E-state index is 15.4. The number of aromatic nitrogens is 9. The molecule has 3 saturated heterocycles. The molecule has 24 nitrogen and oxygen atoms in total. The number of piperazine rings is 3. The number of hydrogen-bond acceptors (Lipinski definition) is 18. The molecule has 0 bridgehead atoms. The number of carbonyl (C=O) groups excluding carboxylic acids is 3. The largest absolute Gasteiger partial charge is 0.394 e. The number of nitrogen functional groups attached to an aromatic ring is 3. The van der Waals surface area contributed by atoms with Crippen molar-refractivity contribution in [2.45, 2.75) is 158 Å². The third-order valence-corrected chi connectivity index (χ3v) is 25.9. The Kier molecular flexibility index (Phi) is 29.6. The molecule has 0 radical (unpaired) electrons. The number of hydrogen-bond donors (Lipinski definition) is 3. The van der Waals surface area contributed by atoms with Crippen LogP contribution in [-0.2, 0) is 14.4 Å². The van der Waals surface area contributed by atoms with Gasteiger partial charge in [0.05, 0.1) is 100 Å². The second-order valence-electron chi connectivity index (χ2n) is 35.4. The summed E-state index contributed by atoms with van der Waals surface area (Å²) in [5, 5.41) is -0.397. The predicted octanol–water partition coefficient (Wildman–Crippen LogP) is 18.8. The monoisotopic (exact) mass is 2000 g/mol. The summed E-state index contributed by atoms with van der Waals surface area (Å²) in [5.74, 6) is -16.1. The number of rotatable bonds is 15. The van der Waals surface area contributed by atoms with Crippen molar-refractivity contribution in [3.63, 3.8) is 0 Å². The molecule has 6 atom stereocenters. The fraction of sp³-hybridized carbons (Fsp3) is 0.294. The van der Waals surface area contributed by atoms with Crippen molar-refractivity contribution >= 4 is 120 Å². The van der Waals surface area contributed by atoms with Gasteiger partial charge in [-0.3, -0.25) is 57.4 Å². The fourth-order valence-electron chi connectivity index (χ4n) is 18.9. The number of terminal acetylenes is 3. The van der Waals surface area contributed by atoms with E-state index >= 15 is 26.3 Å². The number of aryl methyl sites for hydroxylation is 3. The summed E-state index contributed by atoms with van der Waals surface area (Å²) in [5.41, 5.74) is 9.77. The van der Waals surface area contributed by atoms with Gasteiger partial charge in [-0.25, -0.2) is 67.6 Å². The molecule has 6 N–H and O–H groups in total. The first-order chi connectivity index (χ1) is 66.5. The molecule has 12 heterocycles. The molecule has 0 aliphatic carbocycles. The number of anilines is 6. The highest BCUT2D eigenvalue weighted by Crippen LogP contribution is 2.47. The summed E-state index contributed by atoms with van der Waals surface area (Å²) in [4.78, 5) is 119. The van der Waals surface area contributed by atoms with Crippen LogP contribution in [0.2, 0.25) is 15.1 Å². The van der Waals surface area contributed by atoms with E-state index in [0.717, 1.165) is 0 Å². The van der Waals surface area contributed by atoms with Crippen molar-refractivity contribution < 1.29 is 67.1 Å². The lowest BCUT2D eigenvalue weighted by atomic mass is 10.0. The maximum Gasteiger partial charge on any atom is 0.274 e. The van der Waals surface area contributed by atoms with Crippen molar-refractivity contribution in [1.82, 2.24) is 58.3 Å². The average Bonchev–Trinajstić information content (AvgIpc) is 0.726. The minimum absolute atomic E-state index is 0.0570. The lowest BCUT2D eigenvalue weighted by Crippen LogP contribution is -2.58. The maximum atomic E-state index is 15.4. The van der Waals surface area contributed by atoms with Crippen LogP contribution in [0.1, 0.15) is 151 Å². The Morgan fingerprint density at radius 3 is 0.780 bits per heavy atom. The standard InChI is InChI=1S/3C34H31ClF4N6O2/c3*1-8-19-32(43-13-17(6)44(18(7)14-43)22(46)9-2)20-12-21(35)30(23-24(36)26(38)27(39)28(40)25(23)37)42-33(20)45(34(19)47)31-16(5)10-11-41-29(31)15(3)4/h3*1,9-12,15,17-18H,2,13-14,40H2,3-7H3/t3*17-,18+. The highest BCUT2D eigenvalue weighted by atomic mass is 35.5. The van der Waals surface area contributed by atoms with Crippen molar-refractivity contribution in [3.8, 4) is 87.9 Å². The van der Waals surface area contributed by atoms with Crippen molar-refractivity contribution in [1.29, 1.82) is 0 Å². The minimum Gasteiger partial charge on any atom is -0.394 e. The summed E-state index contributed by atoms with van der Waals surface area (Å²) in [7, 11) is 0. The topological polar surface area (TPSA) is 292 Å². The number of nitrogens with two attached hydrogens (primary N) is 3. The Bertz CT molecular complexity index is 6850. The van der Waals surface area contributed by atoms with Gasteiger partial charge in [0.15, 0.2) is 69.8 Å². The van der Waals surface area contributed by atoms with E-state index in [4.69, 9.17) is 71.3 Å². The number of nitrogens with zero attached hydrogens (tertiary/aromatic N) is 15. The molecule has 39 heteroatoms. The van der Waals surface area contributed by atoms with Crippen LogP contribution in [0.4, 0.5) is 86.8 Å². The van der Waals surface area contributed by atoms with Gasteiger partial charge in [-0.1, -0.05) is 114 Å². The van der Waals surface area contributed by atoms with Gasteiger partial charge < -0.3 is 46.6 Å². The summed E-state index contributed by atoms with van der Waals surface area (Å²) in [6.07, 6.45) is 26.5. The Hall–Kier alpha value is -14.7. The van der Waals surface area contributed by atoms with Gasteiger partial charge in [-0.05, 0) is 151 Å². The van der Waals surface area contributed by atoms with Crippen LogP contribution < -0.4 is 48.6 Å². The number of benzene rings is 3. The van der Waals surface area contributed by atoms with E-state index in [9.17, 15) is 55.1 Å². The number of amides is 3. The molecule has 3 aliphatic rings.